The highest BCUT2D eigenvalue weighted by molar-refractivity contribution is 6.46. The average molecular weight is 443 g/mol. The number of carbonyl (C=O) groups excluding carboxylic acids is 2. The molecule has 0 aliphatic carbocycles. The highest BCUT2D eigenvalue weighted by Crippen LogP contribution is 2.37. The van der Waals surface area contributed by atoms with Crippen molar-refractivity contribution in [2.45, 2.75) is 20.0 Å². The summed E-state index contributed by atoms with van der Waals surface area (Å²) < 4.78 is 10.9. The van der Waals surface area contributed by atoms with Gasteiger partial charge >= 0.3 is 0 Å². The van der Waals surface area contributed by atoms with E-state index in [9.17, 15) is 9.59 Å². The van der Waals surface area contributed by atoms with Gasteiger partial charge in [0.05, 0.1) is 24.5 Å². The van der Waals surface area contributed by atoms with Gasteiger partial charge in [0, 0.05) is 12.7 Å². The summed E-state index contributed by atoms with van der Waals surface area (Å²) >= 11 is 0. The third kappa shape index (κ3) is 4.32. The lowest BCUT2D eigenvalue weighted by molar-refractivity contribution is -0.120. The molecule has 0 saturated heterocycles. The summed E-state index contributed by atoms with van der Waals surface area (Å²) in [5, 5.41) is 0. The number of amides is 2. The van der Waals surface area contributed by atoms with E-state index in [-0.39, 0.29) is 17.9 Å². The molecule has 1 aliphatic heterocycles. The van der Waals surface area contributed by atoms with Crippen molar-refractivity contribution in [3.63, 3.8) is 0 Å². The van der Waals surface area contributed by atoms with Gasteiger partial charge in [-0.3, -0.25) is 9.59 Å². The molecule has 3 aromatic carbocycles. The normalized spacial score (nSPS) is 13.7. The van der Waals surface area contributed by atoms with E-state index in [0.29, 0.717) is 34.0 Å². The SMILES string of the molecule is COc1ccc(C2=C(N(C)c3ccccc3)C(=O)N(c3ccc(OC(C)C)cc3)C2=O)cc1. The summed E-state index contributed by atoms with van der Waals surface area (Å²) in [6, 6.07) is 23.6. The molecule has 0 N–H and O–H groups in total. The monoisotopic (exact) mass is 442 g/mol. The van der Waals surface area contributed by atoms with Crippen LogP contribution in [0.2, 0.25) is 0 Å². The largest absolute Gasteiger partial charge is 0.497 e. The Bertz CT molecular complexity index is 1180. The Hall–Kier alpha value is -4.06. The van der Waals surface area contributed by atoms with Gasteiger partial charge in [0.1, 0.15) is 17.2 Å². The van der Waals surface area contributed by atoms with Crippen LogP contribution in [-0.2, 0) is 9.59 Å². The summed E-state index contributed by atoms with van der Waals surface area (Å²) in [4.78, 5) is 30.3. The van der Waals surface area contributed by atoms with Crippen LogP contribution in [0.4, 0.5) is 11.4 Å². The van der Waals surface area contributed by atoms with Gasteiger partial charge in [-0.1, -0.05) is 30.3 Å². The molecule has 4 rings (SSSR count). The van der Waals surface area contributed by atoms with Gasteiger partial charge in [-0.25, -0.2) is 4.90 Å². The van der Waals surface area contributed by atoms with Gasteiger partial charge in [0.2, 0.25) is 0 Å². The number of rotatable bonds is 7. The molecule has 0 fully saturated rings. The van der Waals surface area contributed by atoms with Crippen LogP contribution in [0.15, 0.2) is 84.6 Å². The van der Waals surface area contributed by atoms with Gasteiger partial charge in [-0.2, -0.15) is 0 Å². The lowest BCUT2D eigenvalue weighted by atomic mass is 10.0. The molecule has 6 heteroatoms. The summed E-state index contributed by atoms with van der Waals surface area (Å²) in [5.41, 5.74) is 2.61. The topological polar surface area (TPSA) is 59.1 Å². The second-order valence-corrected chi connectivity index (χ2v) is 7.95. The van der Waals surface area contributed by atoms with Crippen LogP contribution >= 0.6 is 0 Å². The smallest absolute Gasteiger partial charge is 0.282 e. The van der Waals surface area contributed by atoms with Crippen LogP contribution in [0.5, 0.6) is 11.5 Å². The summed E-state index contributed by atoms with van der Waals surface area (Å²) in [5.74, 6) is 0.597. The first-order valence-corrected chi connectivity index (χ1v) is 10.7. The van der Waals surface area contributed by atoms with E-state index in [1.54, 1.807) is 67.6 Å². The zero-order chi connectivity index (χ0) is 23.5. The fourth-order valence-corrected chi connectivity index (χ4v) is 3.81. The van der Waals surface area contributed by atoms with Gasteiger partial charge in [0.25, 0.3) is 11.8 Å². The lowest BCUT2D eigenvalue weighted by Crippen LogP contribution is -2.34. The van der Waals surface area contributed by atoms with Crippen molar-refractivity contribution in [3.8, 4) is 11.5 Å². The van der Waals surface area contributed by atoms with Gasteiger partial charge in [0.15, 0.2) is 0 Å². The van der Waals surface area contributed by atoms with Crippen LogP contribution in [0.25, 0.3) is 5.57 Å². The molecule has 2 amide bonds. The number of carbonyl (C=O) groups is 2. The van der Waals surface area contributed by atoms with Crippen molar-refractivity contribution >= 4 is 28.8 Å². The number of hydrogen-bond donors (Lipinski definition) is 0. The van der Waals surface area contributed by atoms with E-state index < -0.39 is 0 Å². The number of nitrogens with zero attached hydrogens (tertiary/aromatic N) is 2. The fraction of sp³-hybridized carbons (Fsp3) is 0.185. The van der Waals surface area contributed by atoms with Crippen molar-refractivity contribution in [2.75, 3.05) is 24.0 Å². The first-order chi connectivity index (χ1) is 15.9. The van der Waals surface area contributed by atoms with Crippen molar-refractivity contribution in [1.82, 2.24) is 0 Å². The molecular formula is C27H26N2O4. The molecule has 1 heterocycles. The maximum atomic E-state index is 13.7. The molecule has 0 atom stereocenters. The van der Waals surface area contributed by atoms with Crippen LogP contribution < -0.4 is 19.3 Å². The van der Waals surface area contributed by atoms with Crippen molar-refractivity contribution in [3.05, 3.63) is 90.1 Å². The van der Waals surface area contributed by atoms with Crippen LogP contribution in [-0.4, -0.2) is 32.1 Å². The minimum atomic E-state index is -0.380. The van der Waals surface area contributed by atoms with Crippen molar-refractivity contribution in [1.29, 1.82) is 0 Å². The Balaban J connectivity index is 1.78. The second-order valence-electron chi connectivity index (χ2n) is 7.95. The van der Waals surface area contributed by atoms with Crippen LogP contribution in [0.1, 0.15) is 19.4 Å². The first kappa shape index (κ1) is 22.1. The Morgan fingerprint density at radius 3 is 1.97 bits per heavy atom. The first-order valence-electron chi connectivity index (χ1n) is 10.7. The third-order valence-electron chi connectivity index (χ3n) is 5.38. The molecule has 168 valence electrons. The Morgan fingerprint density at radius 2 is 1.39 bits per heavy atom. The molecule has 0 spiro atoms. The number of likely N-dealkylation sites (N-methyl/N-ethyl adjacent to an activating group) is 1. The molecule has 1 aliphatic rings. The Labute approximate surface area is 193 Å². The van der Waals surface area contributed by atoms with E-state index in [2.05, 4.69) is 0 Å². The lowest BCUT2D eigenvalue weighted by Gasteiger charge is -2.21. The standard InChI is InChI=1S/C27H26N2O4/c1-18(2)33-23-16-12-21(13-17-23)29-26(30)24(19-10-14-22(32-4)15-11-19)25(27(29)31)28(3)20-8-6-5-7-9-20/h5-18H,1-4H3. The highest BCUT2D eigenvalue weighted by atomic mass is 16.5. The minimum absolute atomic E-state index is 0.0281. The summed E-state index contributed by atoms with van der Waals surface area (Å²) in [6.45, 7) is 3.89. The fourth-order valence-electron chi connectivity index (χ4n) is 3.81. The number of para-hydroxylation sites is 1. The molecule has 3 aromatic rings. The van der Waals surface area contributed by atoms with Crippen molar-refractivity contribution in [2.24, 2.45) is 0 Å². The molecular weight excluding hydrogens is 416 g/mol. The average Bonchev–Trinajstić information content (AvgIpc) is 3.09. The van der Waals surface area contributed by atoms with Gasteiger partial charge < -0.3 is 14.4 Å². The predicted octanol–water partition coefficient (Wildman–Crippen LogP) is 4.90. The molecule has 33 heavy (non-hydrogen) atoms. The van der Waals surface area contributed by atoms with E-state index >= 15 is 0 Å². The summed E-state index contributed by atoms with van der Waals surface area (Å²) in [6.07, 6.45) is 0.0281. The Morgan fingerprint density at radius 1 is 0.788 bits per heavy atom. The molecule has 6 nitrogen and oxygen atoms in total. The van der Waals surface area contributed by atoms with E-state index in [0.717, 1.165) is 5.69 Å². The molecule has 0 radical (unpaired) electrons. The zero-order valence-corrected chi connectivity index (χ0v) is 19.1. The Kier molecular flexibility index (Phi) is 6.18. The minimum Gasteiger partial charge on any atom is -0.497 e. The maximum Gasteiger partial charge on any atom is 0.282 e. The quantitative estimate of drug-likeness (QED) is 0.487. The zero-order valence-electron chi connectivity index (χ0n) is 19.1. The molecule has 0 aromatic heterocycles. The molecule has 0 bridgehead atoms. The number of anilines is 2. The van der Waals surface area contributed by atoms with Crippen molar-refractivity contribution < 1.29 is 19.1 Å². The van der Waals surface area contributed by atoms with Crippen LogP contribution in [0.3, 0.4) is 0 Å². The van der Waals surface area contributed by atoms with Gasteiger partial charge in [-0.15, -0.1) is 0 Å². The number of hydrogen-bond acceptors (Lipinski definition) is 5. The highest BCUT2D eigenvalue weighted by Gasteiger charge is 2.42. The third-order valence-corrected chi connectivity index (χ3v) is 5.38. The van der Waals surface area contributed by atoms with Crippen LogP contribution in [0, 0.1) is 0 Å². The van der Waals surface area contributed by atoms with E-state index in [1.165, 1.54) is 4.90 Å². The molecule has 0 unspecified atom stereocenters. The number of ether oxygens (including phenoxy) is 2. The number of benzene rings is 3. The van der Waals surface area contributed by atoms with E-state index in [1.807, 2.05) is 44.2 Å². The number of imide groups is 1. The van der Waals surface area contributed by atoms with E-state index in [4.69, 9.17) is 9.47 Å². The predicted molar refractivity (Wildman–Crippen MR) is 129 cm³/mol. The summed E-state index contributed by atoms with van der Waals surface area (Å²) in [7, 11) is 3.38. The molecule has 0 saturated carbocycles. The maximum absolute atomic E-state index is 13.7. The second kappa shape index (κ2) is 9.20. The van der Waals surface area contributed by atoms with Gasteiger partial charge in [-0.05, 0) is 67.9 Å². The number of methoxy groups -OCH3 is 1.